The molecule has 2 atom stereocenters. The first kappa shape index (κ1) is 12.3. The van der Waals surface area contributed by atoms with E-state index in [1.54, 1.807) is 0 Å². The Bertz CT molecular complexity index is 383. The number of thioether (sulfide) groups is 1. The van der Waals surface area contributed by atoms with Crippen molar-refractivity contribution in [3.8, 4) is 5.75 Å². The molecule has 1 N–H and O–H groups in total. The second-order valence-electron chi connectivity index (χ2n) is 4.82. The number of hydrogen-bond donors (Lipinski definition) is 1. The standard InChI is InChI=1S/C14H18O3S/c15-14(13-9-18-8-7-16-13)10-1-3-11(4-2-10)17-12-5-6-12/h1-4,12-15H,5-9H2. The van der Waals surface area contributed by atoms with Crippen LogP contribution in [0.4, 0.5) is 0 Å². The van der Waals surface area contributed by atoms with Gasteiger partial charge in [-0.05, 0) is 30.5 Å². The van der Waals surface area contributed by atoms with Gasteiger partial charge in [0.05, 0.1) is 18.8 Å². The summed E-state index contributed by atoms with van der Waals surface area (Å²) in [6.07, 6.45) is 2.13. The van der Waals surface area contributed by atoms with Gasteiger partial charge in [-0.1, -0.05) is 12.1 Å². The van der Waals surface area contributed by atoms with E-state index in [-0.39, 0.29) is 6.10 Å². The molecule has 4 heteroatoms. The predicted molar refractivity (Wildman–Crippen MR) is 72.1 cm³/mol. The number of ether oxygens (including phenoxy) is 2. The molecule has 2 unspecified atom stereocenters. The third kappa shape index (κ3) is 2.99. The number of aliphatic hydroxyl groups is 1. The number of rotatable bonds is 4. The minimum atomic E-state index is -0.534. The summed E-state index contributed by atoms with van der Waals surface area (Å²) < 4.78 is 11.3. The maximum Gasteiger partial charge on any atom is 0.119 e. The first-order valence-electron chi connectivity index (χ1n) is 6.47. The zero-order chi connectivity index (χ0) is 12.4. The number of benzene rings is 1. The van der Waals surface area contributed by atoms with E-state index in [0.29, 0.717) is 6.10 Å². The largest absolute Gasteiger partial charge is 0.490 e. The van der Waals surface area contributed by atoms with E-state index < -0.39 is 6.10 Å². The van der Waals surface area contributed by atoms with Crippen LogP contribution in [0.1, 0.15) is 24.5 Å². The molecule has 1 aromatic carbocycles. The predicted octanol–water partition coefficient (Wildman–Crippen LogP) is 2.39. The topological polar surface area (TPSA) is 38.7 Å². The van der Waals surface area contributed by atoms with Gasteiger partial charge < -0.3 is 14.6 Å². The van der Waals surface area contributed by atoms with Gasteiger partial charge in [-0.3, -0.25) is 0 Å². The van der Waals surface area contributed by atoms with Crippen LogP contribution in [0.3, 0.4) is 0 Å². The average Bonchev–Trinajstić information content (AvgIpc) is 3.24. The molecule has 18 heavy (non-hydrogen) atoms. The molecule has 0 bridgehead atoms. The van der Waals surface area contributed by atoms with Crippen molar-refractivity contribution in [3.63, 3.8) is 0 Å². The van der Waals surface area contributed by atoms with Crippen molar-refractivity contribution in [3.05, 3.63) is 29.8 Å². The van der Waals surface area contributed by atoms with Gasteiger partial charge in [0.1, 0.15) is 11.9 Å². The average molecular weight is 266 g/mol. The zero-order valence-corrected chi connectivity index (χ0v) is 11.1. The van der Waals surface area contributed by atoms with Gasteiger partial charge >= 0.3 is 0 Å². The van der Waals surface area contributed by atoms with Crippen LogP contribution < -0.4 is 4.74 Å². The highest BCUT2D eigenvalue weighted by Gasteiger charge is 2.25. The van der Waals surface area contributed by atoms with E-state index in [1.165, 1.54) is 0 Å². The fraction of sp³-hybridized carbons (Fsp3) is 0.571. The summed E-state index contributed by atoms with van der Waals surface area (Å²) >= 11 is 1.84. The molecule has 1 saturated carbocycles. The lowest BCUT2D eigenvalue weighted by Gasteiger charge is -2.27. The molecule has 2 aliphatic rings. The number of aliphatic hydroxyl groups excluding tert-OH is 1. The lowest BCUT2D eigenvalue weighted by Crippen LogP contribution is -2.29. The van der Waals surface area contributed by atoms with E-state index >= 15 is 0 Å². The van der Waals surface area contributed by atoms with Gasteiger partial charge in [-0.2, -0.15) is 11.8 Å². The molecule has 1 aromatic rings. The van der Waals surface area contributed by atoms with Crippen molar-refractivity contribution >= 4 is 11.8 Å². The highest BCUT2D eigenvalue weighted by molar-refractivity contribution is 7.99. The summed E-state index contributed by atoms with van der Waals surface area (Å²) in [5, 5.41) is 10.3. The van der Waals surface area contributed by atoms with Gasteiger partial charge in [-0.25, -0.2) is 0 Å². The molecule has 1 heterocycles. The van der Waals surface area contributed by atoms with Crippen LogP contribution in [0.15, 0.2) is 24.3 Å². The van der Waals surface area contributed by atoms with Crippen LogP contribution in [0, 0.1) is 0 Å². The normalized spacial score (nSPS) is 25.7. The fourth-order valence-corrected chi connectivity index (χ4v) is 2.92. The summed E-state index contributed by atoms with van der Waals surface area (Å²) in [7, 11) is 0. The Morgan fingerprint density at radius 1 is 1.28 bits per heavy atom. The van der Waals surface area contributed by atoms with E-state index in [0.717, 1.165) is 42.3 Å². The van der Waals surface area contributed by atoms with Crippen LogP contribution in [0.5, 0.6) is 5.75 Å². The second kappa shape index (κ2) is 5.51. The molecule has 3 rings (SSSR count). The Kier molecular flexibility index (Phi) is 3.77. The van der Waals surface area contributed by atoms with Crippen molar-refractivity contribution in [1.29, 1.82) is 0 Å². The van der Waals surface area contributed by atoms with Gasteiger partial charge in [0.2, 0.25) is 0 Å². The maximum absolute atomic E-state index is 10.3. The molecule has 3 nitrogen and oxygen atoms in total. The van der Waals surface area contributed by atoms with Gasteiger partial charge in [0.25, 0.3) is 0 Å². The molecule has 0 spiro atoms. The quantitative estimate of drug-likeness (QED) is 0.908. The van der Waals surface area contributed by atoms with Crippen LogP contribution >= 0.6 is 11.8 Å². The van der Waals surface area contributed by atoms with Gasteiger partial charge in [-0.15, -0.1) is 0 Å². The molecular formula is C14H18O3S. The molecule has 0 radical (unpaired) electrons. The smallest absolute Gasteiger partial charge is 0.119 e. The van der Waals surface area contributed by atoms with E-state index in [2.05, 4.69) is 0 Å². The van der Waals surface area contributed by atoms with Crippen molar-refractivity contribution < 1.29 is 14.6 Å². The summed E-state index contributed by atoms with van der Waals surface area (Å²) in [5.41, 5.74) is 0.908. The Balaban J connectivity index is 1.63. The first-order chi connectivity index (χ1) is 8.83. The third-order valence-corrected chi connectivity index (χ3v) is 4.26. The first-order valence-corrected chi connectivity index (χ1v) is 7.62. The lowest BCUT2D eigenvalue weighted by atomic mass is 10.1. The van der Waals surface area contributed by atoms with Crippen LogP contribution in [0.25, 0.3) is 0 Å². The third-order valence-electron chi connectivity index (χ3n) is 3.24. The highest BCUT2D eigenvalue weighted by Crippen LogP contribution is 2.29. The maximum atomic E-state index is 10.3. The van der Waals surface area contributed by atoms with Crippen molar-refractivity contribution in [2.24, 2.45) is 0 Å². The van der Waals surface area contributed by atoms with Crippen molar-refractivity contribution in [1.82, 2.24) is 0 Å². The van der Waals surface area contributed by atoms with E-state index in [4.69, 9.17) is 9.47 Å². The Morgan fingerprint density at radius 3 is 2.67 bits per heavy atom. The van der Waals surface area contributed by atoms with Crippen LogP contribution in [-0.4, -0.2) is 35.4 Å². The van der Waals surface area contributed by atoms with Crippen LogP contribution in [-0.2, 0) is 4.74 Å². The minimum absolute atomic E-state index is 0.0843. The number of hydrogen-bond acceptors (Lipinski definition) is 4. The molecule has 1 aliphatic heterocycles. The van der Waals surface area contributed by atoms with Gasteiger partial charge in [0, 0.05) is 11.5 Å². The molecule has 98 valence electrons. The fourth-order valence-electron chi connectivity index (χ4n) is 2.02. The summed E-state index contributed by atoms with van der Waals surface area (Å²) in [6, 6.07) is 7.75. The SMILES string of the molecule is OC(c1ccc(OC2CC2)cc1)C1CSCCO1. The Morgan fingerprint density at radius 2 is 2.06 bits per heavy atom. The zero-order valence-electron chi connectivity index (χ0n) is 10.2. The summed E-state index contributed by atoms with van der Waals surface area (Å²) in [6.45, 7) is 0.731. The molecular weight excluding hydrogens is 248 g/mol. The summed E-state index contributed by atoms with van der Waals surface area (Å²) in [5.74, 6) is 2.78. The van der Waals surface area contributed by atoms with E-state index in [9.17, 15) is 5.11 Å². The Labute approximate surface area is 111 Å². The molecule has 2 fully saturated rings. The lowest BCUT2D eigenvalue weighted by molar-refractivity contribution is -0.0227. The molecule has 1 saturated heterocycles. The molecule has 0 aromatic heterocycles. The van der Waals surface area contributed by atoms with Crippen molar-refractivity contribution in [2.45, 2.75) is 31.2 Å². The van der Waals surface area contributed by atoms with Gasteiger partial charge in [0.15, 0.2) is 0 Å². The monoisotopic (exact) mass is 266 g/mol. The highest BCUT2D eigenvalue weighted by atomic mass is 32.2. The van der Waals surface area contributed by atoms with Crippen LogP contribution in [0.2, 0.25) is 0 Å². The Hall–Kier alpha value is -0.710. The van der Waals surface area contributed by atoms with Crippen molar-refractivity contribution in [2.75, 3.05) is 18.1 Å². The molecule has 0 amide bonds. The molecule has 1 aliphatic carbocycles. The second-order valence-corrected chi connectivity index (χ2v) is 5.97. The van der Waals surface area contributed by atoms with E-state index in [1.807, 2.05) is 36.0 Å². The minimum Gasteiger partial charge on any atom is -0.490 e. The summed E-state index contributed by atoms with van der Waals surface area (Å²) in [4.78, 5) is 0.